The first-order valence-electron chi connectivity index (χ1n) is 8.19. The highest BCUT2D eigenvalue weighted by Gasteiger charge is 2.11. The molecule has 0 fully saturated rings. The number of nitrogens with one attached hydrogen (secondary N) is 1. The topological polar surface area (TPSA) is 53.6 Å². The first kappa shape index (κ1) is 20.5. The molecule has 1 unspecified atom stereocenters. The predicted octanol–water partition coefficient (Wildman–Crippen LogP) is 4.36. The molecule has 2 rings (SSSR count). The van der Waals surface area contributed by atoms with Crippen LogP contribution in [-0.4, -0.2) is 25.0 Å². The second kappa shape index (κ2) is 9.21. The summed E-state index contributed by atoms with van der Waals surface area (Å²) in [5, 5.41) is 4.21. The SMILES string of the molecule is CC(NC(N)=NCc1ccc(CN(C)C)c(F)c1)c1ccc(Cl)cc1Cl. The van der Waals surface area contributed by atoms with E-state index in [0.717, 1.165) is 11.1 Å². The molecule has 0 saturated carbocycles. The molecule has 2 aromatic rings. The van der Waals surface area contributed by atoms with E-state index in [-0.39, 0.29) is 17.8 Å². The molecule has 0 saturated heterocycles. The van der Waals surface area contributed by atoms with Crippen molar-refractivity contribution in [3.8, 4) is 0 Å². The second-order valence-electron chi connectivity index (χ2n) is 6.40. The van der Waals surface area contributed by atoms with E-state index in [4.69, 9.17) is 28.9 Å². The third kappa shape index (κ3) is 5.87. The van der Waals surface area contributed by atoms with E-state index in [1.807, 2.05) is 38.1 Å². The number of benzene rings is 2. The van der Waals surface area contributed by atoms with Crippen LogP contribution in [0.3, 0.4) is 0 Å². The van der Waals surface area contributed by atoms with Crippen molar-refractivity contribution >= 4 is 29.2 Å². The van der Waals surface area contributed by atoms with Crippen LogP contribution < -0.4 is 11.1 Å². The summed E-state index contributed by atoms with van der Waals surface area (Å²) >= 11 is 12.1. The Bertz CT molecular complexity index is 793. The van der Waals surface area contributed by atoms with E-state index in [1.54, 1.807) is 18.2 Å². The highest BCUT2D eigenvalue weighted by molar-refractivity contribution is 6.35. The summed E-state index contributed by atoms with van der Waals surface area (Å²) in [5.41, 5.74) is 8.22. The molecule has 140 valence electrons. The van der Waals surface area contributed by atoms with Gasteiger partial charge in [-0.15, -0.1) is 0 Å². The molecular formula is C19H23Cl2FN4. The summed E-state index contributed by atoms with van der Waals surface area (Å²) in [6.45, 7) is 2.77. The molecule has 4 nitrogen and oxygen atoms in total. The molecule has 0 aromatic heterocycles. The number of rotatable bonds is 6. The van der Waals surface area contributed by atoms with Crippen molar-refractivity contribution in [2.24, 2.45) is 10.7 Å². The van der Waals surface area contributed by atoms with Crippen LogP contribution in [0.15, 0.2) is 41.4 Å². The number of nitrogens with zero attached hydrogens (tertiary/aromatic N) is 2. The van der Waals surface area contributed by atoms with E-state index in [0.29, 0.717) is 28.7 Å². The third-order valence-corrected chi connectivity index (χ3v) is 4.39. The quantitative estimate of drug-likeness (QED) is 0.563. The molecule has 0 bridgehead atoms. The number of nitrogens with two attached hydrogens (primary N) is 1. The average Bonchev–Trinajstić information content (AvgIpc) is 2.54. The summed E-state index contributed by atoms with van der Waals surface area (Å²) < 4.78 is 14.1. The number of hydrogen-bond donors (Lipinski definition) is 2. The van der Waals surface area contributed by atoms with Crippen LogP contribution in [0.1, 0.15) is 29.7 Å². The van der Waals surface area contributed by atoms with Crippen LogP contribution >= 0.6 is 23.2 Å². The Morgan fingerprint density at radius 2 is 1.96 bits per heavy atom. The van der Waals surface area contributed by atoms with Crippen molar-refractivity contribution in [1.82, 2.24) is 10.2 Å². The van der Waals surface area contributed by atoms with Gasteiger partial charge in [0.1, 0.15) is 5.82 Å². The maximum atomic E-state index is 14.1. The maximum absolute atomic E-state index is 14.1. The van der Waals surface area contributed by atoms with Gasteiger partial charge in [0.25, 0.3) is 0 Å². The fourth-order valence-corrected chi connectivity index (χ4v) is 3.10. The molecule has 7 heteroatoms. The zero-order chi connectivity index (χ0) is 19.3. The Hall–Kier alpha value is -1.82. The van der Waals surface area contributed by atoms with Crippen LogP contribution in [0.4, 0.5) is 4.39 Å². The lowest BCUT2D eigenvalue weighted by atomic mass is 10.1. The lowest BCUT2D eigenvalue weighted by Crippen LogP contribution is -2.34. The Balaban J connectivity index is 2.00. The van der Waals surface area contributed by atoms with Gasteiger partial charge in [-0.1, -0.05) is 41.4 Å². The predicted molar refractivity (Wildman–Crippen MR) is 107 cm³/mol. The number of halogens is 3. The van der Waals surface area contributed by atoms with E-state index in [2.05, 4.69) is 10.3 Å². The standard InChI is InChI=1S/C19H23Cl2FN4/c1-12(16-7-6-15(20)9-17(16)21)25-19(23)24-10-13-4-5-14(11-26(2)3)18(22)8-13/h4-9,12H,10-11H2,1-3H3,(H3,23,24,25). The lowest BCUT2D eigenvalue weighted by molar-refractivity contribution is 0.392. The fourth-order valence-electron chi connectivity index (χ4n) is 2.53. The van der Waals surface area contributed by atoms with Gasteiger partial charge in [0.05, 0.1) is 12.6 Å². The van der Waals surface area contributed by atoms with Crippen molar-refractivity contribution in [1.29, 1.82) is 0 Å². The minimum absolute atomic E-state index is 0.136. The molecule has 1 atom stereocenters. The number of hydrogen-bond acceptors (Lipinski definition) is 2. The first-order chi connectivity index (χ1) is 12.3. The molecule has 26 heavy (non-hydrogen) atoms. The maximum Gasteiger partial charge on any atom is 0.189 e. The summed E-state index contributed by atoms with van der Waals surface area (Å²) in [6.07, 6.45) is 0. The third-order valence-electron chi connectivity index (χ3n) is 3.83. The highest BCUT2D eigenvalue weighted by atomic mass is 35.5. The summed E-state index contributed by atoms with van der Waals surface area (Å²) in [6, 6.07) is 10.3. The van der Waals surface area contributed by atoms with Gasteiger partial charge in [0, 0.05) is 22.2 Å². The van der Waals surface area contributed by atoms with E-state index >= 15 is 0 Å². The van der Waals surface area contributed by atoms with Gasteiger partial charge in [-0.3, -0.25) is 0 Å². The van der Waals surface area contributed by atoms with Crippen LogP contribution in [0, 0.1) is 5.82 Å². The molecule has 0 aliphatic rings. The molecular weight excluding hydrogens is 374 g/mol. The molecule has 0 aliphatic carbocycles. The molecule has 3 N–H and O–H groups in total. The van der Waals surface area contributed by atoms with E-state index in [9.17, 15) is 4.39 Å². The Kier molecular flexibility index (Phi) is 7.26. The van der Waals surface area contributed by atoms with Crippen molar-refractivity contribution in [3.05, 3.63) is 69.0 Å². The summed E-state index contributed by atoms with van der Waals surface area (Å²) in [4.78, 5) is 6.19. The smallest absolute Gasteiger partial charge is 0.189 e. The van der Waals surface area contributed by atoms with Gasteiger partial charge in [-0.05, 0) is 50.3 Å². The zero-order valence-electron chi connectivity index (χ0n) is 15.1. The van der Waals surface area contributed by atoms with Crippen LogP contribution in [0.25, 0.3) is 0 Å². The second-order valence-corrected chi connectivity index (χ2v) is 7.24. The molecule has 2 aromatic carbocycles. The molecule has 0 aliphatic heterocycles. The van der Waals surface area contributed by atoms with Gasteiger partial charge in [-0.25, -0.2) is 9.38 Å². The molecule has 0 spiro atoms. The Morgan fingerprint density at radius 1 is 1.23 bits per heavy atom. The van der Waals surface area contributed by atoms with Gasteiger partial charge >= 0.3 is 0 Å². The molecule has 0 radical (unpaired) electrons. The zero-order valence-corrected chi connectivity index (χ0v) is 16.6. The lowest BCUT2D eigenvalue weighted by Gasteiger charge is -2.16. The number of guanidine groups is 1. The van der Waals surface area contributed by atoms with Crippen molar-refractivity contribution < 1.29 is 4.39 Å². The van der Waals surface area contributed by atoms with Crippen molar-refractivity contribution in [2.45, 2.75) is 26.1 Å². The minimum Gasteiger partial charge on any atom is -0.370 e. The van der Waals surface area contributed by atoms with Gasteiger partial charge in [0.2, 0.25) is 0 Å². The summed E-state index contributed by atoms with van der Waals surface area (Å²) in [7, 11) is 3.80. The Labute approximate surface area is 163 Å². The van der Waals surface area contributed by atoms with Crippen LogP contribution in [0.2, 0.25) is 10.0 Å². The average molecular weight is 397 g/mol. The fraction of sp³-hybridized carbons (Fsp3) is 0.316. The van der Waals surface area contributed by atoms with Gasteiger partial charge in [0.15, 0.2) is 5.96 Å². The van der Waals surface area contributed by atoms with Crippen LogP contribution in [0.5, 0.6) is 0 Å². The monoisotopic (exact) mass is 396 g/mol. The van der Waals surface area contributed by atoms with E-state index in [1.165, 1.54) is 6.07 Å². The summed E-state index contributed by atoms with van der Waals surface area (Å²) in [5.74, 6) is 0.0283. The van der Waals surface area contributed by atoms with Gasteiger partial charge < -0.3 is 16.0 Å². The molecule has 0 heterocycles. The number of aliphatic imine (C=N–C) groups is 1. The first-order valence-corrected chi connectivity index (χ1v) is 8.95. The van der Waals surface area contributed by atoms with E-state index < -0.39 is 0 Å². The van der Waals surface area contributed by atoms with Gasteiger partial charge in [-0.2, -0.15) is 0 Å². The van der Waals surface area contributed by atoms with Crippen LogP contribution in [-0.2, 0) is 13.1 Å². The molecule has 0 amide bonds. The Morgan fingerprint density at radius 3 is 2.58 bits per heavy atom. The normalized spacial score (nSPS) is 13.1. The van der Waals surface area contributed by atoms with Crippen molar-refractivity contribution in [2.75, 3.05) is 14.1 Å². The highest BCUT2D eigenvalue weighted by Crippen LogP contribution is 2.25. The largest absolute Gasteiger partial charge is 0.370 e. The minimum atomic E-state index is -0.237. The van der Waals surface area contributed by atoms with Crippen molar-refractivity contribution in [3.63, 3.8) is 0 Å².